The highest BCUT2D eigenvalue weighted by atomic mass is 19.1. The predicted octanol–water partition coefficient (Wildman–Crippen LogP) is 3.09. The summed E-state index contributed by atoms with van der Waals surface area (Å²) in [6.45, 7) is 10.1. The standard InChI is InChI=1S/C16H26FN3O/c1-15(2,3)19-10-12-6-8-18-14(13(12)17)20-16(4)7-5-9-21-11-16/h6,8,19H,5,7,9-11H2,1-4H3,(H,18,20). The maximum atomic E-state index is 14.6. The molecule has 2 N–H and O–H groups in total. The molecule has 5 heteroatoms. The van der Waals surface area contributed by atoms with Gasteiger partial charge in [-0.2, -0.15) is 0 Å². The largest absolute Gasteiger partial charge is 0.379 e. The number of nitrogens with one attached hydrogen (secondary N) is 2. The van der Waals surface area contributed by atoms with Crippen molar-refractivity contribution in [1.29, 1.82) is 0 Å². The van der Waals surface area contributed by atoms with E-state index in [1.54, 1.807) is 12.3 Å². The second-order valence-corrected chi connectivity index (χ2v) is 7.08. The summed E-state index contributed by atoms with van der Waals surface area (Å²) < 4.78 is 20.1. The summed E-state index contributed by atoms with van der Waals surface area (Å²) in [5.41, 5.74) is 0.331. The topological polar surface area (TPSA) is 46.2 Å². The molecule has 1 unspecified atom stereocenters. The van der Waals surface area contributed by atoms with Crippen LogP contribution in [0.25, 0.3) is 0 Å². The molecule has 1 aromatic heterocycles. The van der Waals surface area contributed by atoms with Crippen LogP contribution in [0.4, 0.5) is 10.2 Å². The van der Waals surface area contributed by atoms with Gasteiger partial charge in [0, 0.05) is 30.5 Å². The van der Waals surface area contributed by atoms with Gasteiger partial charge in [-0.3, -0.25) is 0 Å². The van der Waals surface area contributed by atoms with Gasteiger partial charge in [0.15, 0.2) is 11.6 Å². The van der Waals surface area contributed by atoms with E-state index in [1.807, 2.05) is 6.92 Å². The lowest BCUT2D eigenvalue weighted by Gasteiger charge is -2.35. The molecule has 1 saturated heterocycles. The molecular weight excluding hydrogens is 269 g/mol. The number of aromatic nitrogens is 1. The van der Waals surface area contributed by atoms with Gasteiger partial charge >= 0.3 is 0 Å². The molecule has 0 radical (unpaired) electrons. The summed E-state index contributed by atoms with van der Waals surface area (Å²) in [4.78, 5) is 4.15. The molecule has 1 aliphatic heterocycles. The molecule has 0 bridgehead atoms. The van der Waals surface area contributed by atoms with Crippen molar-refractivity contribution in [3.8, 4) is 0 Å². The first kappa shape index (κ1) is 16.2. The maximum Gasteiger partial charge on any atom is 0.169 e. The zero-order valence-corrected chi connectivity index (χ0v) is 13.4. The van der Waals surface area contributed by atoms with E-state index in [0.29, 0.717) is 24.5 Å². The van der Waals surface area contributed by atoms with Gasteiger partial charge in [-0.1, -0.05) is 0 Å². The fraction of sp³-hybridized carbons (Fsp3) is 0.688. The first-order valence-corrected chi connectivity index (χ1v) is 7.53. The number of rotatable bonds is 4. The van der Waals surface area contributed by atoms with E-state index in [2.05, 4.69) is 36.4 Å². The number of halogens is 1. The third-order valence-corrected chi connectivity index (χ3v) is 3.64. The molecular formula is C16H26FN3O. The first-order valence-electron chi connectivity index (χ1n) is 7.53. The summed E-state index contributed by atoms with van der Waals surface area (Å²) in [6.07, 6.45) is 3.59. The molecule has 1 aromatic rings. The zero-order valence-electron chi connectivity index (χ0n) is 13.4. The minimum Gasteiger partial charge on any atom is -0.379 e. The average molecular weight is 295 g/mol. The number of hydrogen-bond donors (Lipinski definition) is 2. The Bertz CT molecular complexity index is 479. The van der Waals surface area contributed by atoms with Gasteiger partial charge in [0.25, 0.3) is 0 Å². The Labute approximate surface area is 126 Å². The van der Waals surface area contributed by atoms with E-state index >= 15 is 0 Å². The van der Waals surface area contributed by atoms with Gasteiger partial charge < -0.3 is 15.4 Å². The molecule has 0 amide bonds. The predicted molar refractivity (Wildman–Crippen MR) is 82.9 cm³/mol. The van der Waals surface area contributed by atoms with Gasteiger partial charge in [-0.15, -0.1) is 0 Å². The lowest BCUT2D eigenvalue weighted by atomic mass is 9.95. The highest BCUT2D eigenvalue weighted by Crippen LogP contribution is 2.25. The summed E-state index contributed by atoms with van der Waals surface area (Å²) in [5.74, 6) is 0.0391. The molecule has 21 heavy (non-hydrogen) atoms. The average Bonchev–Trinajstić information content (AvgIpc) is 2.39. The molecule has 0 aromatic carbocycles. The van der Waals surface area contributed by atoms with Crippen LogP contribution in [-0.2, 0) is 11.3 Å². The van der Waals surface area contributed by atoms with Crippen molar-refractivity contribution >= 4 is 5.82 Å². The second kappa shape index (κ2) is 6.28. The Morgan fingerprint density at radius 3 is 2.81 bits per heavy atom. The Balaban J connectivity index is 2.10. The fourth-order valence-corrected chi connectivity index (χ4v) is 2.39. The first-order chi connectivity index (χ1) is 9.79. The molecule has 1 aliphatic rings. The minimum absolute atomic E-state index is 0.0491. The van der Waals surface area contributed by atoms with Gasteiger partial charge in [0.1, 0.15) is 0 Å². The number of ether oxygens (including phenoxy) is 1. The second-order valence-electron chi connectivity index (χ2n) is 7.08. The molecule has 0 saturated carbocycles. The number of hydrogen-bond acceptors (Lipinski definition) is 4. The molecule has 1 fully saturated rings. The van der Waals surface area contributed by atoms with Crippen LogP contribution in [0.15, 0.2) is 12.3 Å². The normalized spacial score (nSPS) is 23.1. The lowest BCUT2D eigenvalue weighted by molar-refractivity contribution is 0.0537. The highest BCUT2D eigenvalue weighted by molar-refractivity contribution is 5.42. The molecule has 4 nitrogen and oxygen atoms in total. The minimum atomic E-state index is -0.277. The quantitative estimate of drug-likeness (QED) is 0.896. The van der Waals surface area contributed by atoms with E-state index in [1.165, 1.54) is 0 Å². The number of pyridine rings is 1. The van der Waals surface area contributed by atoms with Gasteiger partial charge in [0.2, 0.25) is 0 Å². The molecule has 2 rings (SSSR count). The van der Waals surface area contributed by atoms with Crippen molar-refractivity contribution in [2.45, 2.75) is 58.2 Å². The van der Waals surface area contributed by atoms with Crippen molar-refractivity contribution in [3.63, 3.8) is 0 Å². The number of anilines is 1. The van der Waals surface area contributed by atoms with E-state index in [9.17, 15) is 4.39 Å². The van der Waals surface area contributed by atoms with Crippen LogP contribution < -0.4 is 10.6 Å². The van der Waals surface area contributed by atoms with Crippen molar-refractivity contribution in [2.75, 3.05) is 18.5 Å². The van der Waals surface area contributed by atoms with Crippen LogP contribution in [-0.4, -0.2) is 29.3 Å². The summed E-state index contributed by atoms with van der Waals surface area (Å²) >= 11 is 0. The van der Waals surface area contributed by atoms with Crippen LogP contribution in [0.3, 0.4) is 0 Å². The van der Waals surface area contributed by atoms with Crippen molar-refractivity contribution in [1.82, 2.24) is 10.3 Å². The number of nitrogens with zero attached hydrogens (tertiary/aromatic N) is 1. The molecule has 0 spiro atoms. The van der Waals surface area contributed by atoms with Crippen molar-refractivity contribution in [3.05, 3.63) is 23.6 Å². The van der Waals surface area contributed by atoms with E-state index in [4.69, 9.17) is 4.74 Å². The highest BCUT2D eigenvalue weighted by Gasteiger charge is 2.29. The smallest absolute Gasteiger partial charge is 0.169 e. The van der Waals surface area contributed by atoms with Crippen LogP contribution in [0, 0.1) is 5.82 Å². The van der Waals surface area contributed by atoms with Crippen LogP contribution in [0.5, 0.6) is 0 Å². The maximum absolute atomic E-state index is 14.6. The van der Waals surface area contributed by atoms with Gasteiger partial charge in [0.05, 0.1) is 12.1 Å². The summed E-state index contributed by atoms with van der Waals surface area (Å²) in [7, 11) is 0. The van der Waals surface area contributed by atoms with Gasteiger partial charge in [-0.05, 0) is 46.6 Å². The van der Waals surface area contributed by atoms with E-state index < -0.39 is 0 Å². The van der Waals surface area contributed by atoms with Crippen molar-refractivity contribution < 1.29 is 9.13 Å². The monoisotopic (exact) mass is 295 g/mol. The SMILES string of the molecule is CC(C)(C)NCc1ccnc(NC2(C)CCCOC2)c1F. The lowest BCUT2D eigenvalue weighted by Crippen LogP contribution is -2.43. The molecule has 0 aliphatic carbocycles. The Morgan fingerprint density at radius 1 is 1.43 bits per heavy atom. The third-order valence-electron chi connectivity index (χ3n) is 3.64. The zero-order chi connectivity index (χ0) is 15.5. The van der Waals surface area contributed by atoms with Crippen molar-refractivity contribution in [2.24, 2.45) is 0 Å². The Kier molecular flexibility index (Phi) is 4.84. The summed E-state index contributed by atoms with van der Waals surface area (Å²) in [5, 5.41) is 6.52. The fourth-order valence-electron chi connectivity index (χ4n) is 2.39. The van der Waals surface area contributed by atoms with Crippen LogP contribution >= 0.6 is 0 Å². The Hall–Kier alpha value is -1.20. The molecule has 1 atom stereocenters. The third kappa shape index (κ3) is 4.64. The van der Waals surface area contributed by atoms with Crippen LogP contribution in [0.2, 0.25) is 0 Å². The molecule has 2 heterocycles. The molecule has 118 valence electrons. The van der Waals surface area contributed by atoms with E-state index in [0.717, 1.165) is 19.4 Å². The van der Waals surface area contributed by atoms with Gasteiger partial charge in [-0.25, -0.2) is 9.37 Å². The van der Waals surface area contributed by atoms with Crippen LogP contribution in [0.1, 0.15) is 46.1 Å². The summed E-state index contributed by atoms with van der Waals surface area (Å²) in [6, 6.07) is 1.72. The van der Waals surface area contributed by atoms with E-state index in [-0.39, 0.29) is 16.9 Å². The Morgan fingerprint density at radius 2 is 2.19 bits per heavy atom.